The molecule has 0 unspecified atom stereocenters. The molecular weight excluding hydrogens is 236 g/mol. The van der Waals surface area contributed by atoms with Crippen molar-refractivity contribution in [2.24, 2.45) is 5.92 Å². The zero-order valence-corrected chi connectivity index (χ0v) is 12.1. The van der Waals surface area contributed by atoms with E-state index in [1.807, 2.05) is 14.0 Å². The summed E-state index contributed by atoms with van der Waals surface area (Å²) in [5.41, 5.74) is 2.49. The van der Waals surface area contributed by atoms with Crippen molar-refractivity contribution in [1.29, 1.82) is 0 Å². The van der Waals surface area contributed by atoms with E-state index < -0.39 is 0 Å². The lowest BCUT2D eigenvalue weighted by Crippen LogP contribution is -2.39. The van der Waals surface area contributed by atoms with Gasteiger partial charge in [-0.05, 0) is 32.4 Å². The Morgan fingerprint density at radius 3 is 2.53 bits per heavy atom. The first-order valence-corrected chi connectivity index (χ1v) is 7.12. The van der Waals surface area contributed by atoms with Crippen molar-refractivity contribution in [1.82, 2.24) is 10.2 Å². The molecule has 19 heavy (non-hydrogen) atoms. The Morgan fingerprint density at radius 1 is 1.37 bits per heavy atom. The average Bonchev–Trinajstić information content (AvgIpc) is 3.22. The second kappa shape index (κ2) is 6.20. The first kappa shape index (κ1) is 14.1. The minimum atomic E-state index is 0.0519. The molecule has 2 rings (SSSR count). The van der Waals surface area contributed by atoms with Crippen LogP contribution in [-0.4, -0.2) is 30.4 Å². The van der Waals surface area contributed by atoms with E-state index in [-0.39, 0.29) is 11.8 Å². The molecular formula is C16H24N2O. The number of hydrogen-bond acceptors (Lipinski definition) is 2. The van der Waals surface area contributed by atoms with Gasteiger partial charge in [0.15, 0.2) is 0 Å². The third-order valence-electron chi connectivity index (χ3n) is 3.68. The van der Waals surface area contributed by atoms with Crippen molar-refractivity contribution in [2.45, 2.75) is 39.3 Å². The van der Waals surface area contributed by atoms with Gasteiger partial charge in [0, 0.05) is 25.0 Å². The molecule has 3 nitrogen and oxygen atoms in total. The lowest BCUT2D eigenvalue weighted by Gasteiger charge is -2.26. The van der Waals surface area contributed by atoms with Crippen LogP contribution < -0.4 is 5.32 Å². The highest BCUT2D eigenvalue weighted by atomic mass is 16.2. The highest BCUT2D eigenvalue weighted by Gasteiger charge is 2.34. The molecule has 0 aromatic heterocycles. The fraction of sp³-hybridized carbons (Fsp3) is 0.562. The van der Waals surface area contributed by atoms with Crippen LogP contribution in [0.4, 0.5) is 0 Å². The third kappa shape index (κ3) is 3.80. The second-order valence-electron chi connectivity index (χ2n) is 5.64. The van der Waals surface area contributed by atoms with Gasteiger partial charge >= 0.3 is 0 Å². The van der Waals surface area contributed by atoms with Crippen molar-refractivity contribution in [3.63, 3.8) is 0 Å². The zero-order valence-electron chi connectivity index (χ0n) is 12.1. The molecule has 1 aliphatic rings. The molecule has 1 saturated carbocycles. The topological polar surface area (TPSA) is 32.3 Å². The van der Waals surface area contributed by atoms with E-state index in [4.69, 9.17) is 0 Å². The Morgan fingerprint density at radius 2 is 2.00 bits per heavy atom. The van der Waals surface area contributed by atoms with Gasteiger partial charge in [-0.3, -0.25) is 4.79 Å². The van der Waals surface area contributed by atoms with E-state index in [2.05, 4.69) is 41.4 Å². The summed E-state index contributed by atoms with van der Waals surface area (Å²) in [5, 5.41) is 3.09. The predicted octanol–water partition coefficient (Wildman–Crippen LogP) is 2.34. The van der Waals surface area contributed by atoms with Crippen LogP contribution in [0.1, 0.15) is 30.9 Å². The number of aryl methyl sites for hydroxylation is 1. The molecule has 104 valence electrons. The van der Waals surface area contributed by atoms with Crippen molar-refractivity contribution in [3.05, 3.63) is 35.4 Å². The zero-order chi connectivity index (χ0) is 13.8. The van der Waals surface area contributed by atoms with Crippen LogP contribution in [0.3, 0.4) is 0 Å². The maximum absolute atomic E-state index is 12.5. The Balaban J connectivity index is 2.04. The Labute approximate surface area is 116 Å². The first-order chi connectivity index (χ1) is 9.11. The molecule has 0 heterocycles. The van der Waals surface area contributed by atoms with Gasteiger partial charge in [0.1, 0.15) is 0 Å². The van der Waals surface area contributed by atoms with Crippen LogP contribution in [0, 0.1) is 12.8 Å². The molecule has 1 fully saturated rings. The summed E-state index contributed by atoms with van der Waals surface area (Å²) < 4.78 is 0. The van der Waals surface area contributed by atoms with Crippen molar-refractivity contribution in [3.8, 4) is 0 Å². The quantitative estimate of drug-likeness (QED) is 0.851. The Hall–Kier alpha value is -1.35. The molecule has 1 aliphatic carbocycles. The normalized spacial score (nSPS) is 16.2. The van der Waals surface area contributed by atoms with Gasteiger partial charge in [0.25, 0.3) is 0 Å². The lowest BCUT2D eigenvalue weighted by atomic mass is 10.1. The number of nitrogens with zero attached hydrogens (tertiary/aromatic N) is 1. The van der Waals surface area contributed by atoms with Gasteiger partial charge in [-0.1, -0.05) is 36.8 Å². The molecule has 1 aromatic carbocycles. The monoisotopic (exact) mass is 260 g/mol. The predicted molar refractivity (Wildman–Crippen MR) is 77.8 cm³/mol. The van der Waals surface area contributed by atoms with Crippen molar-refractivity contribution in [2.75, 3.05) is 13.6 Å². The second-order valence-corrected chi connectivity index (χ2v) is 5.64. The van der Waals surface area contributed by atoms with E-state index in [1.54, 1.807) is 0 Å². The van der Waals surface area contributed by atoms with Gasteiger partial charge in [-0.15, -0.1) is 0 Å². The highest BCUT2D eigenvalue weighted by molar-refractivity contribution is 5.79. The van der Waals surface area contributed by atoms with E-state index in [0.717, 1.165) is 25.9 Å². The summed E-state index contributed by atoms with van der Waals surface area (Å²) >= 11 is 0. The van der Waals surface area contributed by atoms with Gasteiger partial charge < -0.3 is 10.2 Å². The number of benzene rings is 1. The Bertz CT molecular complexity index is 423. The largest absolute Gasteiger partial charge is 0.335 e. The van der Waals surface area contributed by atoms with Crippen LogP contribution in [0.25, 0.3) is 0 Å². The highest BCUT2D eigenvalue weighted by Crippen LogP contribution is 2.29. The SMILES string of the molecule is CNC[C@@H](C)C(=O)N(Cc1ccc(C)cc1)C1CC1. The summed E-state index contributed by atoms with van der Waals surface area (Å²) in [6.07, 6.45) is 2.31. The number of carbonyl (C=O) groups excluding carboxylic acids is 1. The summed E-state index contributed by atoms with van der Waals surface area (Å²) in [6, 6.07) is 8.94. The molecule has 0 aliphatic heterocycles. The maximum atomic E-state index is 12.5. The number of nitrogens with one attached hydrogen (secondary N) is 1. The van der Waals surface area contributed by atoms with Crippen LogP contribution >= 0.6 is 0 Å². The fourth-order valence-corrected chi connectivity index (χ4v) is 2.34. The minimum absolute atomic E-state index is 0.0519. The third-order valence-corrected chi connectivity index (χ3v) is 3.68. The number of amides is 1. The molecule has 1 amide bonds. The number of hydrogen-bond donors (Lipinski definition) is 1. The lowest BCUT2D eigenvalue weighted by molar-refractivity contribution is -0.136. The molecule has 0 bridgehead atoms. The van der Waals surface area contributed by atoms with Gasteiger partial charge in [0.2, 0.25) is 5.91 Å². The summed E-state index contributed by atoms with van der Waals surface area (Å²) in [5.74, 6) is 0.327. The smallest absolute Gasteiger partial charge is 0.227 e. The molecule has 0 saturated heterocycles. The Kier molecular flexibility index (Phi) is 4.59. The van der Waals surface area contributed by atoms with Crippen LogP contribution in [0.15, 0.2) is 24.3 Å². The van der Waals surface area contributed by atoms with Crippen molar-refractivity contribution >= 4 is 5.91 Å². The average molecular weight is 260 g/mol. The van der Waals surface area contributed by atoms with Crippen LogP contribution in [0.2, 0.25) is 0 Å². The molecule has 0 spiro atoms. The maximum Gasteiger partial charge on any atom is 0.227 e. The van der Waals surface area contributed by atoms with Crippen LogP contribution in [0.5, 0.6) is 0 Å². The molecule has 1 aromatic rings. The van der Waals surface area contributed by atoms with E-state index in [1.165, 1.54) is 11.1 Å². The molecule has 1 atom stereocenters. The molecule has 1 N–H and O–H groups in total. The van der Waals surface area contributed by atoms with Gasteiger partial charge in [-0.2, -0.15) is 0 Å². The number of carbonyl (C=O) groups is 1. The fourth-order valence-electron chi connectivity index (χ4n) is 2.34. The standard InChI is InChI=1S/C16H24N2O/c1-12-4-6-14(7-5-12)11-18(15-8-9-15)16(19)13(2)10-17-3/h4-7,13,15,17H,8-11H2,1-3H3/t13-/m1/s1. The van der Waals surface area contributed by atoms with Crippen LogP contribution in [-0.2, 0) is 11.3 Å². The van der Waals surface area contributed by atoms with Crippen molar-refractivity contribution < 1.29 is 4.79 Å². The van der Waals surface area contributed by atoms with Gasteiger partial charge in [-0.25, -0.2) is 0 Å². The van der Waals surface area contributed by atoms with E-state index >= 15 is 0 Å². The summed E-state index contributed by atoms with van der Waals surface area (Å²) in [4.78, 5) is 14.5. The van der Waals surface area contributed by atoms with E-state index in [0.29, 0.717) is 6.04 Å². The van der Waals surface area contributed by atoms with E-state index in [9.17, 15) is 4.79 Å². The summed E-state index contributed by atoms with van der Waals surface area (Å²) in [7, 11) is 1.89. The summed E-state index contributed by atoms with van der Waals surface area (Å²) in [6.45, 7) is 5.58. The number of rotatable bonds is 6. The molecule has 3 heteroatoms. The first-order valence-electron chi connectivity index (χ1n) is 7.12. The van der Waals surface area contributed by atoms with Gasteiger partial charge in [0.05, 0.1) is 0 Å². The molecule has 0 radical (unpaired) electrons. The minimum Gasteiger partial charge on any atom is -0.335 e.